The van der Waals surface area contributed by atoms with Crippen LogP contribution in [0, 0.1) is 5.82 Å². The van der Waals surface area contributed by atoms with Gasteiger partial charge < -0.3 is 15.6 Å². The van der Waals surface area contributed by atoms with Gasteiger partial charge in [0.15, 0.2) is 0 Å². The number of hydrogen-bond donors (Lipinski definition) is 2. The summed E-state index contributed by atoms with van der Waals surface area (Å²) in [6.45, 7) is 0. The summed E-state index contributed by atoms with van der Waals surface area (Å²) in [6, 6.07) is 1.80. The molecule has 0 amide bonds. The molecule has 94 valence electrons. The molecule has 1 aromatic carbocycles. The van der Waals surface area contributed by atoms with E-state index < -0.39 is 17.8 Å². The van der Waals surface area contributed by atoms with Crippen molar-refractivity contribution in [3.05, 3.63) is 28.5 Å². The van der Waals surface area contributed by atoms with Crippen molar-refractivity contribution < 1.29 is 19.0 Å². The van der Waals surface area contributed by atoms with Crippen LogP contribution in [0.4, 0.5) is 4.39 Å². The number of rotatable bonds is 5. The Bertz CT molecular complexity index is 425. The summed E-state index contributed by atoms with van der Waals surface area (Å²) < 4.78 is 18.5. The lowest BCUT2D eigenvalue weighted by molar-refractivity contribution is -0.137. The van der Waals surface area contributed by atoms with E-state index in [4.69, 9.17) is 27.2 Å². The molecule has 0 aromatic heterocycles. The largest absolute Gasteiger partial charge is 0.495 e. The van der Waals surface area contributed by atoms with Gasteiger partial charge in [0.05, 0.1) is 12.1 Å². The summed E-state index contributed by atoms with van der Waals surface area (Å²) in [7, 11) is 1.38. The molecule has 6 heteroatoms. The van der Waals surface area contributed by atoms with Crippen LogP contribution in [0.15, 0.2) is 12.1 Å². The quantitative estimate of drug-likeness (QED) is 0.853. The van der Waals surface area contributed by atoms with Gasteiger partial charge in [0.25, 0.3) is 0 Å². The molecule has 0 spiro atoms. The van der Waals surface area contributed by atoms with Gasteiger partial charge in [-0.1, -0.05) is 11.6 Å². The molecular formula is C11H13ClFNO3. The molecule has 4 nitrogen and oxygen atoms in total. The number of halogens is 2. The second-order valence-corrected chi connectivity index (χ2v) is 3.95. The molecule has 0 bridgehead atoms. The number of nitrogens with two attached hydrogens (primary N) is 1. The van der Waals surface area contributed by atoms with E-state index in [0.717, 1.165) is 6.07 Å². The summed E-state index contributed by atoms with van der Waals surface area (Å²) in [4.78, 5) is 10.4. The van der Waals surface area contributed by atoms with Crippen molar-refractivity contribution in [1.82, 2.24) is 0 Å². The highest BCUT2D eigenvalue weighted by Crippen LogP contribution is 2.30. The molecule has 0 aliphatic rings. The van der Waals surface area contributed by atoms with Crippen molar-refractivity contribution in [3.63, 3.8) is 0 Å². The minimum Gasteiger partial charge on any atom is -0.495 e. The summed E-state index contributed by atoms with van der Waals surface area (Å²) >= 11 is 5.84. The fourth-order valence-electron chi connectivity index (χ4n) is 1.42. The van der Waals surface area contributed by atoms with E-state index in [1.807, 2.05) is 0 Å². The van der Waals surface area contributed by atoms with Gasteiger partial charge in [0.1, 0.15) is 11.6 Å². The minimum absolute atomic E-state index is 0.121. The fourth-order valence-corrected chi connectivity index (χ4v) is 1.67. The van der Waals surface area contributed by atoms with Crippen LogP contribution in [0.1, 0.15) is 24.4 Å². The van der Waals surface area contributed by atoms with Gasteiger partial charge in [-0.05, 0) is 12.5 Å². The average Bonchev–Trinajstić information content (AvgIpc) is 2.28. The zero-order valence-corrected chi connectivity index (χ0v) is 10.00. The molecule has 0 heterocycles. The van der Waals surface area contributed by atoms with Crippen LogP contribution in [-0.2, 0) is 4.79 Å². The van der Waals surface area contributed by atoms with E-state index in [0.29, 0.717) is 0 Å². The third-order valence-electron chi connectivity index (χ3n) is 2.34. The normalized spacial score (nSPS) is 12.2. The number of carboxylic acids is 1. The summed E-state index contributed by atoms with van der Waals surface area (Å²) in [5.74, 6) is -1.30. The van der Waals surface area contributed by atoms with E-state index in [2.05, 4.69) is 0 Å². The molecule has 0 saturated carbocycles. The van der Waals surface area contributed by atoms with Crippen molar-refractivity contribution in [1.29, 1.82) is 0 Å². The summed E-state index contributed by atoms with van der Waals surface area (Å²) in [5.41, 5.74) is 5.89. The molecule has 1 aromatic rings. The number of carboxylic acid groups (broad SMARTS) is 1. The van der Waals surface area contributed by atoms with Gasteiger partial charge in [-0.15, -0.1) is 0 Å². The number of ether oxygens (including phenoxy) is 1. The van der Waals surface area contributed by atoms with E-state index in [1.165, 1.54) is 13.2 Å². The van der Waals surface area contributed by atoms with Gasteiger partial charge >= 0.3 is 5.97 Å². The number of benzene rings is 1. The van der Waals surface area contributed by atoms with Crippen molar-refractivity contribution in [2.24, 2.45) is 5.73 Å². The second kappa shape index (κ2) is 5.84. The number of hydrogen-bond acceptors (Lipinski definition) is 3. The Hall–Kier alpha value is -1.33. The lowest BCUT2D eigenvalue weighted by Gasteiger charge is -2.13. The van der Waals surface area contributed by atoms with Crippen molar-refractivity contribution >= 4 is 17.6 Å². The average molecular weight is 262 g/mol. The Morgan fingerprint density at radius 3 is 2.82 bits per heavy atom. The Balaban J connectivity index is 2.90. The molecular weight excluding hydrogens is 249 g/mol. The lowest BCUT2D eigenvalue weighted by atomic mass is 10.0. The Kier molecular flexibility index (Phi) is 4.72. The van der Waals surface area contributed by atoms with Crippen LogP contribution >= 0.6 is 11.6 Å². The van der Waals surface area contributed by atoms with Crippen LogP contribution < -0.4 is 10.5 Å². The van der Waals surface area contributed by atoms with E-state index in [1.54, 1.807) is 0 Å². The Labute approximate surface area is 103 Å². The van der Waals surface area contributed by atoms with Crippen molar-refractivity contribution in [2.75, 3.05) is 7.11 Å². The molecule has 1 atom stereocenters. The van der Waals surface area contributed by atoms with Crippen LogP contribution in [0.2, 0.25) is 5.02 Å². The first-order valence-electron chi connectivity index (χ1n) is 4.96. The Morgan fingerprint density at radius 1 is 1.65 bits per heavy atom. The molecule has 1 unspecified atom stereocenters. The van der Waals surface area contributed by atoms with E-state index in [9.17, 15) is 9.18 Å². The molecule has 17 heavy (non-hydrogen) atoms. The van der Waals surface area contributed by atoms with Crippen molar-refractivity contribution in [2.45, 2.75) is 18.9 Å². The molecule has 0 fully saturated rings. The highest BCUT2D eigenvalue weighted by molar-refractivity contribution is 6.32. The zero-order chi connectivity index (χ0) is 13.0. The zero-order valence-electron chi connectivity index (χ0n) is 9.24. The SMILES string of the molecule is COc1cc(F)c(C(N)CCC(=O)O)cc1Cl. The van der Waals surface area contributed by atoms with Gasteiger partial charge in [-0.25, -0.2) is 4.39 Å². The number of carbonyl (C=O) groups is 1. The van der Waals surface area contributed by atoms with Crippen LogP contribution in [-0.4, -0.2) is 18.2 Å². The van der Waals surface area contributed by atoms with Crippen LogP contribution in [0.5, 0.6) is 5.75 Å². The number of methoxy groups -OCH3 is 1. The highest BCUT2D eigenvalue weighted by Gasteiger charge is 2.16. The lowest BCUT2D eigenvalue weighted by Crippen LogP contribution is -2.14. The summed E-state index contributed by atoms with van der Waals surface area (Å²) in [5, 5.41) is 8.77. The first kappa shape index (κ1) is 13.7. The maximum atomic E-state index is 13.6. The van der Waals surface area contributed by atoms with Gasteiger partial charge in [-0.3, -0.25) is 4.79 Å². The van der Waals surface area contributed by atoms with Crippen LogP contribution in [0.3, 0.4) is 0 Å². The highest BCUT2D eigenvalue weighted by atomic mass is 35.5. The maximum absolute atomic E-state index is 13.6. The van der Waals surface area contributed by atoms with Crippen LogP contribution in [0.25, 0.3) is 0 Å². The smallest absolute Gasteiger partial charge is 0.303 e. The first-order valence-corrected chi connectivity index (χ1v) is 5.33. The predicted molar refractivity (Wildman–Crippen MR) is 61.8 cm³/mol. The fraction of sp³-hybridized carbons (Fsp3) is 0.364. The monoisotopic (exact) mass is 261 g/mol. The van der Waals surface area contributed by atoms with E-state index in [-0.39, 0.29) is 29.2 Å². The summed E-state index contributed by atoms with van der Waals surface area (Å²) in [6.07, 6.45) is 0.0270. The van der Waals surface area contributed by atoms with Gasteiger partial charge in [0.2, 0.25) is 0 Å². The standard InChI is InChI=1S/C11H13ClFNO3/c1-17-10-5-8(13)6(4-7(10)12)9(14)2-3-11(15)16/h4-5,9H,2-3,14H2,1H3,(H,15,16). The van der Waals surface area contributed by atoms with Gasteiger partial charge in [0, 0.05) is 24.1 Å². The second-order valence-electron chi connectivity index (χ2n) is 3.55. The third-order valence-corrected chi connectivity index (χ3v) is 2.64. The van der Waals surface area contributed by atoms with Crippen molar-refractivity contribution in [3.8, 4) is 5.75 Å². The third kappa shape index (κ3) is 3.57. The maximum Gasteiger partial charge on any atom is 0.303 e. The molecule has 0 aliphatic carbocycles. The predicted octanol–water partition coefficient (Wildman–Crippen LogP) is 2.35. The van der Waals surface area contributed by atoms with E-state index >= 15 is 0 Å². The minimum atomic E-state index is -0.972. The molecule has 3 N–H and O–H groups in total. The Morgan fingerprint density at radius 2 is 2.29 bits per heavy atom. The number of aliphatic carboxylic acids is 1. The molecule has 0 saturated heterocycles. The molecule has 1 rings (SSSR count). The first-order chi connectivity index (χ1) is 7.95. The topological polar surface area (TPSA) is 72.5 Å². The van der Waals surface area contributed by atoms with Gasteiger partial charge in [-0.2, -0.15) is 0 Å². The molecule has 0 aliphatic heterocycles. The molecule has 0 radical (unpaired) electrons.